The second-order valence-electron chi connectivity index (χ2n) is 4.61. The van der Waals surface area contributed by atoms with Gasteiger partial charge in [0.25, 0.3) is 0 Å². The van der Waals surface area contributed by atoms with Gasteiger partial charge in [-0.3, -0.25) is 0 Å². The van der Waals surface area contributed by atoms with Gasteiger partial charge in [0.2, 0.25) is 0 Å². The highest BCUT2D eigenvalue weighted by molar-refractivity contribution is 6.21. The average molecular weight is 255 g/mol. The van der Waals surface area contributed by atoms with E-state index in [9.17, 15) is 0 Å². The first-order valence-electron chi connectivity index (χ1n) is 6.10. The highest BCUT2D eigenvalue weighted by Gasteiger charge is 2.23. The number of hydrogen-bond acceptors (Lipinski definition) is 2. The Bertz CT molecular complexity index is 374. The number of halogens is 1. The number of benzene rings is 1. The van der Waals surface area contributed by atoms with Gasteiger partial charge in [0, 0.05) is 11.6 Å². The summed E-state index contributed by atoms with van der Waals surface area (Å²) in [5.41, 5.74) is 1.07. The van der Waals surface area contributed by atoms with E-state index in [-0.39, 0.29) is 5.38 Å². The lowest BCUT2D eigenvalue weighted by Gasteiger charge is -2.27. The molecule has 94 valence electrons. The molecule has 0 saturated heterocycles. The lowest BCUT2D eigenvalue weighted by Crippen LogP contribution is -2.13. The zero-order chi connectivity index (χ0) is 12.3. The fourth-order valence-corrected chi connectivity index (χ4v) is 2.66. The first-order chi connectivity index (χ1) is 8.24. The highest BCUT2D eigenvalue weighted by atomic mass is 35.5. The zero-order valence-corrected chi connectivity index (χ0v) is 11.2. The van der Waals surface area contributed by atoms with Gasteiger partial charge in [0.15, 0.2) is 0 Å². The molecule has 1 fully saturated rings. The van der Waals surface area contributed by atoms with Crippen molar-refractivity contribution in [2.75, 3.05) is 14.2 Å². The van der Waals surface area contributed by atoms with Crippen LogP contribution in [0.2, 0.25) is 0 Å². The maximum atomic E-state index is 6.47. The monoisotopic (exact) mass is 254 g/mol. The second kappa shape index (κ2) is 5.63. The Hall–Kier alpha value is -0.890. The normalized spacial score (nSPS) is 17.4. The molecule has 0 spiro atoms. The molecule has 0 radical (unpaired) electrons. The third-order valence-electron chi connectivity index (χ3n) is 3.54. The zero-order valence-electron chi connectivity index (χ0n) is 10.4. The molecule has 1 aliphatic carbocycles. The van der Waals surface area contributed by atoms with Crippen molar-refractivity contribution in [3.05, 3.63) is 23.8 Å². The van der Waals surface area contributed by atoms with Crippen molar-refractivity contribution in [2.45, 2.75) is 31.1 Å². The molecule has 2 nitrogen and oxygen atoms in total. The summed E-state index contributed by atoms with van der Waals surface area (Å²) in [5, 5.41) is 0.0427. The lowest BCUT2D eigenvalue weighted by atomic mass is 9.81. The first-order valence-corrected chi connectivity index (χ1v) is 6.54. The number of ether oxygens (including phenoxy) is 2. The Morgan fingerprint density at radius 3 is 2.59 bits per heavy atom. The quantitative estimate of drug-likeness (QED) is 0.734. The molecule has 0 amide bonds. The van der Waals surface area contributed by atoms with Gasteiger partial charge in [0.05, 0.1) is 19.6 Å². The summed E-state index contributed by atoms with van der Waals surface area (Å²) < 4.78 is 10.6. The van der Waals surface area contributed by atoms with Crippen molar-refractivity contribution in [3.8, 4) is 11.5 Å². The van der Waals surface area contributed by atoms with E-state index < -0.39 is 0 Å². The van der Waals surface area contributed by atoms with Gasteiger partial charge in [0.1, 0.15) is 11.5 Å². The molecule has 1 saturated carbocycles. The molecule has 0 bridgehead atoms. The topological polar surface area (TPSA) is 18.5 Å². The molecule has 1 aromatic carbocycles. The summed E-state index contributed by atoms with van der Waals surface area (Å²) in [6.07, 6.45) is 5.04. The molecule has 1 aliphatic rings. The van der Waals surface area contributed by atoms with E-state index in [2.05, 4.69) is 0 Å². The SMILES string of the molecule is COc1ccc(C(Cl)CC2CCC2)c(OC)c1. The van der Waals surface area contributed by atoms with Crippen molar-refractivity contribution in [2.24, 2.45) is 5.92 Å². The number of hydrogen-bond donors (Lipinski definition) is 0. The van der Waals surface area contributed by atoms with Crippen LogP contribution in [-0.4, -0.2) is 14.2 Å². The molecule has 17 heavy (non-hydrogen) atoms. The van der Waals surface area contributed by atoms with E-state index in [1.165, 1.54) is 19.3 Å². The summed E-state index contributed by atoms with van der Waals surface area (Å²) >= 11 is 6.47. The van der Waals surface area contributed by atoms with Crippen LogP contribution in [0, 0.1) is 5.92 Å². The highest BCUT2D eigenvalue weighted by Crippen LogP contribution is 2.41. The van der Waals surface area contributed by atoms with Gasteiger partial charge in [-0.05, 0) is 18.4 Å². The molecular formula is C14H19ClO2. The van der Waals surface area contributed by atoms with Crippen molar-refractivity contribution in [1.29, 1.82) is 0 Å². The predicted octanol–water partition coefficient (Wildman–Crippen LogP) is 4.17. The van der Waals surface area contributed by atoms with Gasteiger partial charge in [-0.15, -0.1) is 11.6 Å². The minimum absolute atomic E-state index is 0.0427. The van der Waals surface area contributed by atoms with Gasteiger partial charge in [-0.2, -0.15) is 0 Å². The second-order valence-corrected chi connectivity index (χ2v) is 5.13. The van der Waals surface area contributed by atoms with Crippen LogP contribution in [0.25, 0.3) is 0 Å². The smallest absolute Gasteiger partial charge is 0.127 e. The number of methoxy groups -OCH3 is 2. The Morgan fingerprint density at radius 1 is 1.29 bits per heavy atom. The van der Waals surface area contributed by atoms with Crippen LogP contribution in [0.5, 0.6) is 11.5 Å². The van der Waals surface area contributed by atoms with Gasteiger partial charge < -0.3 is 9.47 Å². The molecule has 0 aliphatic heterocycles. The number of rotatable bonds is 5. The molecule has 1 atom stereocenters. The van der Waals surface area contributed by atoms with E-state index in [4.69, 9.17) is 21.1 Å². The van der Waals surface area contributed by atoms with E-state index in [0.29, 0.717) is 0 Å². The van der Waals surface area contributed by atoms with E-state index in [0.717, 1.165) is 29.4 Å². The van der Waals surface area contributed by atoms with Gasteiger partial charge in [-0.1, -0.05) is 25.3 Å². The first kappa shape index (κ1) is 12.6. The van der Waals surface area contributed by atoms with Crippen molar-refractivity contribution >= 4 is 11.6 Å². The third kappa shape index (κ3) is 2.86. The van der Waals surface area contributed by atoms with Crippen LogP contribution in [0.4, 0.5) is 0 Å². The Kier molecular flexibility index (Phi) is 4.16. The fourth-order valence-electron chi connectivity index (χ4n) is 2.23. The summed E-state index contributed by atoms with van der Waals surface area (Å²) in [4.78, 5) is 0. The minimum Gasteiger partial charge on any atom is -0.497 e. The van der Waals surface area contributed by atoms with E-state index in [1.54, 1.807) is 14.2 Å². The van der Waals surface area contributed by atoms with E-state index >= 15 is 0 Å². The fraction of sp³-hybridized carbons (Fsp3) is 0.571. The summed E-state index contributed by atoms with van der Waals surface area (Å²) in [6.45, 7) is 0. The molecular weight excluding hydrogens is 236 g/mol. The van der Waals surface area contributed by atoms with Crippen LogP contribution in [-0.2, 0) is 0 Å². The van der Waals surface area contributed by atoms with Gasteiger partial charge >= 0.3 is 0 Å². The number of alkyl halides is 1. The molecule has 3 heteroatoms. The third-order valence-corrected chi connectivity index (χ3v) is 3.96. The Morgan fingerprint density at radius 2 is 2.06 bits per heavy atom. The maximum absolute atomic E-state index is 6.47. The summed E-state index contributed by atoms with van der Waals surface area (Å²) in [5.74, 6) is 2.42. The van der Waals surface area contributed by atoms with Crippen LogP contribution >= 0.6 is 11.6 Å². The molecule has 0 N–H and O–H groups in total. The Labute approximate surface area is 108 Å². The van der Waals surface area contributed by atoms with Crippen LogP contribution < -0.4 is 9.47 Å². The van der Waals surface area contributed by atoms with Crippen LogP contribution in [0.15, 0.2) is 18.2 Å². The van der Waals surface area contributed by atoms with E-state index in [1.807, 2.05) is 18.2 Å². The van der Waals surface area contributed by atoms with Gasteiger partial charge in [-0.25, -0.2) is 0 Å². The van der Waals surface area contributed by atoms with Crippen LogP contribution in [0.1, 0.15) is 36.6 Å². The average Bonchev–Trinajstić information content (AvgIpc) is 2.32. The summed E-state index contributed by atoms with van der Waals surface area (Å²) in [7, 11) is 3.33. The Balaban J connectivity index is 2.12. The molecule has 1 aromatic rings. The molecule has 2 rings (SSSR count). The molecule has 1 unspecified atom stereocenters. The molecule has 0 aromatic heterocycles. The minimum atomic E-state index is 0.0427. The molecule has 0 heterocycles. The van der Waals surface area contributed by atoms with Crippen molar-refractivity contribution in [1.82, 2.24) is 0 Å². The van der Waals surface area contributed by atoms with Crippen LogP contribution in [0.3, 0.4) is 0 Å². The summed E-state index contributed by atoms with van der Waals surface area (Å²) in [6, 6.07) is 5.84. The largest absolute Gasteiger partial charge is 0.497 e. The lowest BCUT2D eigenvalue weighted by molar-refractivity contribution is 0.291. The standard InChI is InChI=1S/C14H19ClO2/c1-16-11-6-7-12(14(9-11)17-2)13(15)8-10-4-3-5-10/h6-7,9-10,13H,3-5,8H2,1-2H3. The maximum Gasteiger partial charge on any atom is 0.127 e. The predicted molar refractivity (Wildman–Crippen MR) is 70.1 cm³/mol. The van der Waals surface area contributed by atoms with Crippen molar-refractivity contribution < 1.29 is 9.47 Å². The van der Waals surface area contributed by atoms with Crippen molar-refractivity contribution in [3.63, 3.8) is 0 Å².